The maximum Gasteiger partial charge on any atom is 0.337 e. The Balaban J connectivity index is 2.43. The van der Waals surface area contributed by atoms with Crippen LogP contribution in [0.3, 0.4) is 0 Å². The van der Waals surface area contributed by atoms with Crippen molar-refractivity contribution < 1.29 is 33.9 Å². The van der Waals surface area contributed by atoms with E-state index in [9.17, 15) is 33.9 Å². The molecule has 2 rings (SSSR count). The lowest BCUT2D eigenvalue weighted by Crippen LogP contribution is -2.61. The summed E-state index contributed by atoms with van der Waals surface area (Å²) in [4.78, 5) is 80.5. The number of hydrazine groups is 1. The SMILES string of the molecule is CC(C)N1NC(=O)[C@@H](Cc2ccccc2)NC(=O)[C@H](CC(=O)O)NC(=O)CNC(=O)[C@H](CCCN=C(N)N)NC1=O. The van der Waals surface area contributed by atoms with Gasteiger partial charge in [-0.15, -0.1) is 0 Å². The summed E-state index contributed by atoms with van der Waals surface area (Å²) in [5.74, 6) is -4.82. The van der Waals surface area contributed by atoms with Crippen LogP contribution in [0.25, 0.3) is 0 Å². The zero-order valence-corrected chi connectivity index (χ0v) is 22.9. The van der Waals surface area contributed by atoms with Crippen molar-refractivity contribution in [2.45, 2.75) is 63.7 Å². The van der Waals surface area contributed by atoms with Crippen LogP contribution < -0.4 is 38.2 Å². The molecule has 3 atom stereocenters. The van der Waals surface area contributed by atoms with Crippen molar-refractivity contribution in [2.24, 2.45) is 16.5 Å². The van der Waals surface area contributed by atoms with Crippen molar-refractivity contribution in [3.05, 3.63) is 35.9 Å². The van der Waals surface area contributed by atoms with Crippen LogP contribution in [0.15, 0.2) is 35.3 Å². The first-order chi connectivity index (χ1) is 19.4. The van der Waals surface area contributed by atoms with Gasteiger partial charge in [0.25, 0.3) is 5.91 Å². The molecular weight excluding hydrogens is 538 g/mol. The number of carbonyl (C=O) groups excluding carboxylic acids is 5. The summed E-state index contributed by atoms with van der Waals surface area (Å²) in [5.41, 5.74) is 13.8. The van der Waals surface area contributed by atoms with Crippen molar-refractivity contribution in [2.75, 3.05) is 13.1 Å². The van der Waals surface area contributed by atoms with Crippen molar-refractivity contribution >= 4 is 41.6 Å². The molecule has 0 aliphatic carbocycles. The number of nitrogens with one attached hydrogen (secondary N) is 5. The van der Waals surface area contributed by atoms with E-state index in [1.54, 1.807) is 44.2 Å². The molecule has 0 spiro atoms. The average molecular weight is 576 g/mol. The molecule has 0 aromatic heterocycles. The minimum atomic E-state index is -1.55. The Kier molecular flexibility index (Phi) is 12.3. The molecule has 1 aromatic carbocycles. The van der Waals surface area contributed by atoms with E-state index in [4.69, 9.17) is 11.5 Å². The number of carbonyl (C=O) groups is 6. The van der Waals surface area contributed by atoms with Crippen LogP contribution in [0.2, 0.25) is 0 Å². The van der Waals surface area contributed by atoms with Crippen molar-refractivity contribution in [3.8, 4) is 0 Å². The van der Waals surface area contributed by atoms with Gasteiger partial charge in [0.1, 0.15) is 18.1 Å². The number of aliphatic carboxylic acids is 1. The van der Waals surface area contributed by atoms with Crippen LogP contribution in [0.1, 0.15) is 38.7 Å². The molecule has 41 heavy (non-hydrogen) atoms. The van der Waals surface area contributed by atoms with Gasteiger partial charge in [-0.2, -0.15) is 0 Å². The summed E-state index contributed by atoms with van der Waals surface area (Å²) in [7, 11) is 0. The number of benzene rings is 1. The Morgan fingerprint density at radius 3 is 2.27 bits per heavy atom. The predicted octanol–water partition coefficient (Wildman–Crippen LogP) is -2.32. The van der Waals surface area contributed by atoms with Gasteiger partial charge in [-0.05, 0) is 32.3 Å². The number of carboxylic acid groups (broad SMARTS) is 1. The van der Waals surface area contributed by atoms with Crippen LogP contribution in [0, 0.1) is 0 Å². The van der Waals surface area contributed by atoms with Crippen LogP contribution in [0.4, 0.5) is 4.79 Å². The first-order valence-corrected chi connectivity index (χ1v) is 13.0. The highest BCUT2D eigenvalue weighted by atomic mass is 16.4. The standard InChI is InChI=1S/C25H37N9O7/c1-14(2)34-25(41)32-16(9-6-10-28-24(26)27)21(38)29-13-19(35)30-18(12-20(36)37)22(39)31-17(23(40)33-34)11-15-7-4-3-5-8-15/h3-5,7-8,14,16-18H,6,9-13H2,1-2H3,(H,29,38)(H,30,35)(H,31,39)(H,32,41)(H,33,40)(H,36,37)(H4,26,27,28)/t16-,17+,18-/m0/s1. The number of urea groups is 1. The lowest BCUT2D eigenvalue weighted by Gasteiger charge is -2.31. The van der Waals surface area contributed by atoms with Crippen LogP contribution in [0.5, 0.6) is 0 Å². The minimum absolute atomic E-state index is 0.00678. The van der Waals surface area contributed by atoms with E-state index < -0.39 is 72.8 Å². The second kappa shape index (κ2) is 15.6. The number of nitrogens with zero attached hydrogens (tertiary/aromatic N) is 2. The zero-order chi connectivity index (χ0) is 30.5. The molecule has 6 amide bonds. The highest BCUT2D eigenvalue weighted by Crippen LogP contribution is 2.08. The molecule has 1 saturated heterocycles. The molecule has 1 heterocycles. The molecular formula is C25H37N9O7. The van der Waals surface area contributed by atoms with E-state index in [-0.39, 0.29) is 31.8 Å². The van der Waals surface area contributed by atoms with Crippen molar-refractivity contribution in [1.82, 2.24) is 31.7 Å². The third-order valence-electron chi connectivity index (χ3n) is 5.89. The van der Waals surface area contributed by atoms with Crippen LogP contribution >= 0.6 is 0 Å². The Morgan fingerprint density at radius 2 is 1.66 bits per heavy atom. The highest BCUT2D eigenvalue weighted by Gasteiger charge is 2.32. The number of amides is 6. The van der Waals surface area contributed by atoms with Gasteiger partial charge >= 0.3 is 12.0 Å². The molecule has 0 unspecified atom stereocenters. The molecule has 16 nitrogen and oxygen atoms in total. The van der Waals surface area contributed by atoms with Gasteiger partial charge < -0.3 is 37.8 Å². The second-order valence-corrected chi connectivity index (χ2v) is 9.58. The number of hydrogen-bond acceptors (Lipinski definition) is 7. The second-order valence-electron chi connectivity index (χ2n) is 9.58. The Bertz CT molecular complexity index is 1140. The quantitative estimate of drug-likeness (QED) is 0.0892. The van der Waals surface area contributed by atoms with E-state index in [2.05, 4.69) is 31.7 Å². The van der Waals surface area contributed by atoms with Crippen LogP contribution in [-0.2, 0) is 30.4 Å². The molecule has 10 N–H and O–H groups in total. The first-order valence-electron chi connectivity index (χ1n) is 13.0. The Hall–Kier alpha value is -4.89. The molecule has 0 saturated carbocycles. The van der Waals surface area contributed by atoms with Gasteiger partial charge in [-0.1, -0.05) is 30.3 Å². The first kappa shape index (κ1) is 32.3. The molecule has 1 aliphatic rings. The van der Waals surface area contributed by atoms with Gasteiger partial charge in [0.2, 0.25) is 17.7 Å². The normalized spacial score (nSPS) is 20.9. The number of carboxylic acids is 1. The molecule has 1 aromatic rings. The smallest absolute Gasteiger partial charge is 0.337 e. The maximum atomic E-state index is 13.4. The van der Waals surface area contributed by atoms with E-state index in [1.807, 2.05) is 0 Å². The lowest BCUT2D eigenvalue weighted by molar-refractivity contribution is -0.141. The van der Waals surface area contributed by atoms with E-state index in [0.717, 1.165) is 5.01 Å². The summed E-state index contributed by atoms with van der Waals surface area (Å²) in [6.45, 7) is 2.80. The van der Waals surface area contributed by atoms with Gasteiger partial charge in [-0.25, -0.2) is 9.80 Å². The fourth-order valence-electron chi connectivity index (χ4n) is 3.85. The van der Waals surface area contributed by atoms with E-state index in [0.29, 0.717) is 5.56 Å². The molecule has 16 heteroatoms. The van der Waals surface area contributed by atoms with E-state index in [1.165, 1.54) is 0 Å². The summed E-state index contributed by atoms with van der Waals surface area (Å²) in [6, 6.07) is 3.33. The molecule has 1 fully saturated rings. The number of guanidine groups is 1. The predicted molar refractivity (Wildman–Crippen MR) is 147 cm³/mol. The fraction of sp³-hybridized carbons (Fsp3) is 0.480. The van der Waals surface area contributed by atoms with Gasteiger partial charge in [0.05, 0.1) is 13.0 Å². The van der Waals surface area contributed by atoms with Crippen molar-refractivity contribution in [1.29, 1.82) is 0 Å². The summed E-state index contributed by atoms with van der Waals surface area (Å²) >= 11 is 0. The van der Waals surface area contributed by atoms with Crippen LogP contribution in [-0.4, -0.2) is 89.0 Å². The molecule has 0 bridgehead atoms. The summed E-state index contributed by atoms with van der Waals surface area (Å²) < 4.78 is 0. The lowest BCUT2D eigenvalue weighted by atomic mass is 10.0. The summed E-state index contributed by atoms with van der Waals surface area (Å²) in [5, 5.41) is 20.0. The topological polar surface area (TPSA) is 250 Å². The Labute approximate surface area is 236 Å². The number of aliphatic imine (C=N–C) groups is 1. The van der Waals surface area contributed by atoms with E-state index >= 15 is 0 Å². The van der Waals surface area contributed by atoms with Gasteiger partial charge in [0, 0.05) is 19.0 Å². The van der Waals surface area contributed by atoms with Gasteiger partial charge in [0.15, 0.2) is 5.96 Å². The fourth-order valence-corrected chi connectivity index (χ4v) is 3.85. The monoisotopic (exact) mass is 575 g/mol. The number of rotatable bonds is 9. The third-order valence-corrected chi connectivity index (χ3v) is 5.89. The number of hydrogen-bond donors (Lipinski definition) is 8. The average Bonchev–Trinajstić information content (AvgIpc) is 2.90. The molecule has 1 aliphatic heterocycles. The molecule has 0 radical (unpaired) electrons. The van der Waals surface area contributed by atoms with Crippen molar-refractivity contribution in [3.63, 3.8) is 0 Å². The largest absolute Gasteiger partial charge is 0.481 e. The van der Waals surface area contributed by atoms with Gasteiger partial charge in [-0.3, -0.25) is 34.4 Å². The summed E-state index contributed by atoms with van der Waals surface area (Å²) in [6.07, 6.45) is -0.424. The highest BCUT2D eigenvalue weighted by molar-refractivity contribution is 5.96. The third kappa shape index (κ3) is 11.0. The zero-order valence-electron chi connectivity index (χ0n) is 22.9. The Morgan fingerprint density at radius 1 is 0.976 bits per heavy atom. The minimum Gasteiger partial charge on any atom is -0.481 e. The maximum absolute atomic E-state index is 13.4. The molecule has 224 valence electrons. The number of nitrogens with two attached hydrogens (primary N) is 2.